The second kappa shape index (κ2) is 40.8. The molecule has 6 heteroatoms. The van der Waals surface area contributed by atoms with Crippen LogP contribution < -0.4 is 29.4 Å². The van der Waals surface area contributed by atoms with Gasteiger partial charge in [-0.25, -0.2) is 0 Å². The minimum atomic E-state index is 1.10. The van der Waals surface area contributed by atoms with Gasteiger partial charge in [0.05, 0.1) is 0 Å². The normalized spacial score (nSPS) is 10.8. The fraction of sp³-hybridized carbons (Fsp3) is 0.0236. The van der Waals surface area contributed by atoms with Crippen LogP contribution in [0.5, 0.6) is 0 Å². The summed E-state index contributed by atoms with van der Waals surface area (Å²) in [6.45, 7) is 0. The predicted molar refractivity (Wildman–Crippen MR) is 568 cm³/mol. The molecule has 0 radical (unpaired) electrons. The molecule has 0 bridgehead atoms. The molecule has 0 saturated carbocycles. The first kappa shape index (κ1) is 85.1. The van der Waals surface area contributed by atoms with E-state index < -0.39 is 0 Å². The topological polar surface area (TPSA) is 19.4 Å². The van der Waals surface area contributed by atoms with E-state index in [1.165, 1.54) is 99.8 Å². The molecule has 133 heavy (non-hydrogen) atoms. The van der Waals surface area contributed by atoms with Crippen molar-refractivity contribution in [2.75, 3.05) is 50.5 Å². The van der Waals surface area contributed by atoms with E-state index in [1.807, 2.05) is 0 Å². The Balaban J connectivity index is 0.000000129. The van der Waals surface area contributed by atoms with E-state index in [0.29, 0.717) is 0 Å². The largest absolute Gasteiger partial charge is 0.345 e. The molecule has 0 aliphatic heterocycles. The van der Waals surface area contributed by atoms with Gasteiger partial charge in [0.15, 0.2) is 0 Å². The third-order valence-corrected chi connectivity index (χ3v) is 24.7. The van der Waals surface area contributed by atoms with Gasteiger partial charge in [0, 0.05) is 106 Å². The third kappa shape index (κ3) is 20.2. The van der Waals surface area contributed by atoms with Gasteiger partial charge in [0.1, 0.15) is 0 Å². The number of fused-ring (bicyclic) bond motifs is 1. The van der Waals surface area contributed by atoms with Gasteiger partial charge in [-0.1, -0.05) is 370 Å². The number of benzene rings is 21. The van der Waals surface area contributed by atoms with Gasteiger partial charge < -0.3 is 29.4 Å². The van der Waals surface area contributed by atoms with Crippen LogP contribution in [0.25, 0.3) is 99.8 Å². The minimum Gasteiger partial charge on any atom is -0.345 e. The SMILES string of the molecule is CN(c1ccc(-c2ccccc2)cc1)c1ccc(N(c2ccc(-c3ccccc3)cc2)c2ccc(-c3ccccc3)cc2)cc1.CN(c1ccc(N(c2ccc(-c3ccccc3)cc2)c2ccc(-c3ccccc3)cc2)cc1)c1ccc2ccccc2c1.CN(c1ccc(N(c2ccc(-c3ccccc3)cc2)c2ccc(-c3ccccc3)cc2)cc1)c1cccc(-c2ccccc2)c1. The van der Waals surface area contributed by atoms with Crippen LogP contribution >= 0.6 is 0 Å². The number of hydrogen-bond acceptors (Lipinski definition) is 6. The standard InChI is InChI=1S/2C43H34N2.C41H32N2/c1-44(43-19-11-18-38(32-43)35-16-9-4-10-17-35)39-28-30-42(31-29-39)45(40-24-20-36(21-25-40)33-12-5-2-6-13-33)41-26-22-37(23-27-41)34-14-7-3-8-15-34;1-44(39-23-17-36(18-24-39)33-11-5-2-6-12-33)40-29-31-43(32-30-40)45(41-25-19-37(20-26-41)34-13-7-3-8-14-34)42-27-21-38(22-28-42)35-15-9-4-10-16-35;1-42(41-25-20-33-14-8-9-15-36(33)30-41)37-26-28-40(29-27-37)43(38-21-16-34(17-22-38)31-10-4-2-5-11-31)39-23-18-35(19-24-39)32-12-6-3-7-13-32/h2*2-32H,1H3;2-30H,1H3. The molecule has 21 rings (SSSR count). The average molecular weight is 1710 g/mol. The van der Waals surface area contributed by atoms with Crippen LogP contribution in [0.1, 0.15) is 0 Å². The molecule has 0 atom stereocenters. The molecule has 0 fully saturated rings. The average Bonchev–Trinajstić information content (AvgIpc) is 0.799. The van der Waals surface area contributed by atoms with Crippen LogP contribution in [-0.4, -0.2) is 21.1 Å². The molecule has 21 aromatic carbocycles. The highest BCUT2D eigenvalue weighted by molar-refractivity contribution is 5.90. The lowest BCUT2D eigenvalue weighted by Gasteiger charge is -2.27. The number of nitrogens with zero attached hydrogens (tertiary/aromatic N) is 6. The monoisotopic (exact) mass is 1710 g/mol. The van der Waals surface area contributed by atoms with Gasteiger partial charge in [0.2, 0.25) is 0 Å². The second-order valence-corrected chi connectivity index (χ2v) is 33.1. The van der Waals surface area contributed by atoms with Crippen LogP contribution in [0.15, 0.2) is 552 Å². The Morgan fingerprint density at radius 3 is 0.481 bits per heavy atom. The maximum Gasteiger partial charge on any atom is 0.0463 e. The van der Waals surface area contributed by atoms with Crippen LogP contribution in [0, 0.1) is 0 Å². The molecule has 0 heterocycles. The first-order valence-corrected chi connectivity index (χ1v) is 45.3. The maximum absolute atomic E-state index is 2.32. The highest BCUT2D eigenvalue weighted by Gasteiger charge is 2.20. The van der Waals surface area contributed by atoms with Crippen molar-refractivity contribution in [3.63, 3.8) is 0 Å². The third-order valence-electron chi connectivity index (χ3n) is 24.7. The number of hydrogen-bond donors (Lipinski definition) is 0. The lowest BCUT2D eigenvalue weighted by molar-refractivity contribution is 1.20. The molecule has 6 nitrogen and oxygen atoms in total. The summed E-state index contributed by atoms with van der Waals surface area (Å²) in [5.74, 6) is 0. The molecule has 0 saturated heterocycles. The molecule has 0 spiro atoms. The zero-order chi connectivity index (χ0) is 89.9. The van der Waals surface area contributed by atoms with Crippen molar-refractivity contribution in [2.24, 2.45) is 0 Å². The summed E-state index contributed by atoms with van der Waals surface area (Å²) in [4.78, 5) is 13.7. The second-order valence-electron chi connectivity index (χ2n) is 33.1. The van der Waals surface area contributed by atoms with Crippen molar-refractivity contribution >= 4 is 96.1 Å². The maximum atomic E-state index is 2.32. The summed E-state index contributed by atoms with van der Waals surface area (Å²) in [7, 11) is 6.37. The molecule has 0 unspecified atom stereocenters. The molecule has 0 aromatic heterocycles. The van der Waals surface area contributed by atoms with E-state index >= 15 is 0 Å². The van der Waals surface area contributed by atoms with Crippen molar-refractivity contribution in [1.82, 2.24) is 0 Å². The van der Waals surface area contributed by atoms with E-state index in [2.05, 4.69) is 603 Å². The van der Waals surface area contributed by atoms with E-state index in [1.54, 1.807) is 0 Å². The van der Waals surface area contributed by atoms with Crippen molar-refractivity contribution in [2.45, 2.75) is 0 Å². The first-order chi connectivity index (χ1) is 65.7. The van der Waals surface area contributed by atoms with Crippen LogP contribution in [0.2, 0.25) is 0 Å². The quantitative estimate of drug-likeness (QED) is 0.0631. The zero-order valence-electron chi connectivity index (χ0n) is 74.7. The van der Waals surface area contributed by atoms with Crippen molar-refractivity contribution in [3.8, 4) is 89.0 Å². The van der Waals surface area contributed by atoms with Crippen molar-refractivity contribution in [1.29, 1.82) is 0 Å². The van der Waals surface area contributed by atoms with Crippen LogP contribution in [-0.2, 0) is 0 Å². The van der Waals surface area contributed by atoms with E-state index in [9.17, 15) is 0 Å². The Labute approximate surface area is 782 Å². The Kier molecular flexibility index (Phi) is 26.1. The van der Waals surface area contributed by atoms with Gasteiger partial charge in [-0.05, 0) is 282 Å². The molecular formula is C127H100N6. The Bertz CT molecular complexity index is 7020. The van der Waals surface area contributed by atoms with Gasteiger partial charge in [-0.15, -0.1) is 0 Å². The summed E-state index contributed by atoms with van der Waals surface area (Å²) in [5, 5.41) is 2.50. The first-order valence-electron chi connectivity index (χ1n) is 45.3. The summed E-state index contributed by atoms with van der Waals surface area (Å²) >= 11 is 0. The summed E-state index contributed by atoms with van der Waals surface area (Å²) in [6.07, 6.45) is 0. The lowest BCUT2D eigenvalue weighted by atomic mass is 10.0. The van der Waals surface area contributed by atoms with Gasteiger partial charge in [0.25, 0.3) is 0 Å². The minimum absolute atomic E-state index is 1.10. The predicted octanol–water partition coefficient (Wildman–Crippen LogP) is 35.3. The lowest BCUT2D eigenvalue weighted by Crippen LogP contribution is -2.12. The van der Waals surface area contributed by atoms with E-state index in [0.717, 1.165) is 85.3 Å². The zero-order valence-corrected chi connectivity index (χ0v) is 74.7. The molecule has 21 aromatic rings. The highest BCUT2D eigenvalue weighted by Crippen LogP contribution is 2.44. The van der Waals surface area contributed by atoms with Crippen molar-refractivity contribution in [3.05, 3.63) is 552 Å². The van der Waals surface area contributed by atoms with Crippen LogP contribution in [0.3, 0.4) is 0 Å². The summed E-state index contributed by atoms with van der Waals surface area (Å²) < 4.78 is 0. The number of rotatable bonds is 23. The molecule has 0 amide bonds. The Morgan fingerprint density at radius 1 is 0.0977 bits per heavy atom. The Hall–Kier alpha value is -17.3. The fourth-order valence-electron chi connectivity index (χ4n) is 17.3. The molecular weight excluding hydrogens is 1610 g/mol. The molecule has 0 aliphatic rings. The van der Waals surface area contributed by atoms with Gasteiger partial charge in [-0.2, -0.15) is 0 Å². The fourth-order valence-corrected chi connectivity index (χ4v) is 17.3. The molecule has 0 N–H and O–H groups in total. The molecule has 0 aliphatic carbocycles. The summed E-state index contributed by atoms with van der Waals surface area (Å²) in [5.41, 5.74) is 36.2. The van der Waals surface area contributed by atoms with E-state index in [4.69, 9.17) is 0 Å². The van der Waals surface area contributed by atoms with Gasteiger partial charge in [-0.3, -0.25) is 0 Å². The highest BCUT2D eigenvalue weighted by atomic mass is 15.2. The van der Waals surface area contributed by atoms with Crippen molar-refractivity contribution < 1.29 is 0 Å². The molecule has 638 valence electrons. The Morgan fingerprint density at radius 2 is 0.248 bits per heavy atom. The smallest absolute Gasteiger partial charge is 0.0463 e. The van der Waals surface area contributed by atoms with Crippen LogP contribution in [0.4, 0.5) is 85.3 Å². The van der Waals surface area contributed by atoms with E-state index in [-0.39, 0.29) is 0 Å². The number of anilines is 15. The summed E-state index contributed by atoms with van der Waals surface area (Å²) in [6, 6.07) is 196. The van der Waals surface area contributed by atoms with Gasteiger partial charge >= 0.3 is 0 Å².